The SMILES string of the molecule is C[C@H](C=O)[C@H]1CCC2C3C(=O)C[C@]4(C)C[C@H](O)CC[C@]4(C)C3CC[C@@]21C. The average molecular weight is 361 g/mol. The molecule has 0 bridgehead atoms. The number of Topliss-reactive ketones (excluding diaryl/α,β-unsaturated/α-hetero) is 1. The molecule has 0 saturated heterocycles. The van der Waals surface area contributed by atoms with Crippen LogP contribution in [0.2, 0.25) is 0 Å². The Morgan fingerprint density at radius 3 is 2.50 bits per heavy atom. The highest BCUT2D eigenvalue weighted by atomic mass is 16.3. The van der Waals surface area contributed by atoms with Crippen molar-refractivity contribution in [3.05, 3.63) is 0 Å². The highest BCUT2D eigenvalue weighted by molar-refractivity contribution is 5.84. The largest absolute Gasteiger partial charge is 0.393 e. The molecule has 0 aromatic heterocycles. The van der Waals surface area contributed by atoms with E-state index in [9.17, 15) is 14.7 Å². The third kappa shape index (κ3) is 2.28. The van der Waals surface area contributed by atoms with Crippen molar-refractivity contribution < 1.29 is 14.7 Å². The molecule has 4 rings (SSSR count). The standard InChI is InChI=1S/C23H36O3/c1-14(13-24)16-5-6-17-20-18(8-9-22(16,17)3)23(4)10-7-15(25)11-21(23,2)12-19(20)26/h13-18,20,25H,5-12H2,1-4H3/t14-,15-,16-,17?,18?,20?,21+,22-,23-/m1/s1. The molecule has 9 atom stereocenters. The third-order valence-electron chi connectivity index (χ3n) is 10.0. The van der Waals surface area contributed by atoms with E-state index in [1.165, 1.54) is 0 Å². The van der Waals surface area contributed by atoms with E-state index < -0.39 is 0 Å². The Morgan fingerprint density at radius 2 is 1.81 bits per heavy atom. The molecule has 0 aliphatic heterocycles. The van der Waals surface area contributed by atoms with E-state index >= 15 is 0 Å². The van der Waals surface area contributed by atoms with E-state index in [-0.39, 0.29) is 34.2 Å². The quantitative estimate of drug-likeness (QED) is 0.742. The zero-order chi connectivity index (χ0) is 18.9. The molecule has 4 saturated carbocycles. The van der Waals surface area contributed by atoms with E-state index in [1.54, 1.807) is 0 Å². The lowest BCUT2D eigenvalue weighted by molar-refractivity contribution is -0.181. The number of aliphatic hydroxyl groups is 1. The number of hydrogen-bond donors (Lipinski definition) is 1. The molecule has 0 aromatic carbocycles. The minimum Gasteiger partial charge on any atom is -0.393 e. The van der Waals surface area contributed by atoms with Crippen LogP contribution in [0.4, 0.5) is 0 Å². The minimum atomic E-state index is -0.240. The van der Waals surface area contributed by atoms with Crippen LogP contribution in [-0.4, -0.2) is 23.3 Å². The first-order valence-corrected chi connectivity index (χ1v) is 10.8. The van der Waals surface area contributed by atoms with Gasteiger partial charge in [-0.1, -0.05) is 27.7 Å². The van der Waals surface area contributed by atoms with E-state index in [2.05, 4.69) is 27.7 Å². The summed E-state index contributed by atoms with van der Waals surface area (Å²) in [5, 5.41) is 10.3. The zero-order valence-corrected chi connectivity index (χ0v) is 17.0. The van der Waals surface area contributed by atoms with Gasteiger partial charge < -0.3 is 9.90 Å². The van der Waals surface area contributed by atoms with Crippen LogP contribution in [0.3, 0.4) is 0 Å². The zero-order valence-electron chi connectivity index (χ0n) is 17.0. The molecule has 0 amide bonds. The minimum absolute atomic E-state index is 0.0508. The van der Waals surface area contributed by atoms with Gasteiger partial charge in [-0.2, -0.15) is 0 Å². The first-order valence-electron chi connectivity index (χ1n) is 10.8. The third-order valence-corrected chi connectivity index (χ3v) is 10.0. The van der Waals surface area contributed by atoms with E-state index in [0.717, 1.165) is 51.2 Å². The number of rotatable bonds is 2. The lowest BCUT2D eigenvalue weighted by Crippen LogP contribution is -2.61. The number of hydrogen-bond acceptors (Lipinski definition) is 3. The molecule has 0 radical (unpaired) electrons. The van der Waals surface area contributed by atoms with Crippen molar-refractivity contribution >= 4 is 12.1 Å². The Labute approximate surface area is 158 Å². The van der Waals surface area contributed by atoms with Gasteiger partial charge in [-0.05, 0) is 78.9 Å². The summed E-state index contributed by atoms with van der Waals surface area (Å²) in [6, 6.07) is 0. The van der Waals surface area contributed by atoms with Crippen LogP contribution >= 0.6 is 0 Å². The van der Waals surface area contributed by atoms with Crippen molar-refractivity contribution in [1.29, 1.82) is 0 Å². The second-order valence-electron chi connectivity index (χ2n) is 11.0. The lowest BCUT2D eigenvalue weighted by atomic mass is 9.40. The molecule has 4 aliphatic rings. The Morgan fingerprint density at radius 1 is 1.08 bits per heavy atom. The van der Waals surface area contributed by atoms with Crippen LogP contribution in [-0.2, 0) is 9.59 Å². The van der Waals surface area contributed by atoms with E-state index in [1.807, 2.05) is 0 Å². The molecular formula is C23H36O3. The van der Waals surface area contributed by atoms with Gasteiger partial charge in [-0.25, -0.2) is 0 Å². The molecule has 4 aliphatic carbocycles. The molecule has 1 N–H and O–H groups in total. The monoisotopic (exact) mass is 360 g/mol. The van der Waals surface area contributed by atoms with Crippen LogP contribution in [0.25, 0.3) is 0 Å². The number of aldehydes is 1. The summed E-state index contributed by atoms with van der Waals surface area (Å²) in [6.45, 7) is 9.13. The van der Waals surface area contributed by atoms with Crippen molar-refractivity contribution in [3.8, 4) is 0 Å². The fourth-order valence-corrected chi connectivity index (χ4v) is 8.34. The predicted molar refractivity (Wildman–Crippen MR) is 101 cm³/mol. The Bertz CT molecular complexity index is 615. The fraction of sp³-hybridized carbons (Fsp3) is 0.913. The van der Waals surface area contributed by atoms with Crippen LogP contribution in [0.1, 0.15) is 79.1 Å². The number of carbonyl (C=O) groups is 2. The summed E-state index contributed by atoms with van der Waals surface area (Å²) < 4.78 is 0. The van der Waals surface area contributed by atoms with E-state index in [4.69, 9.17) is 0 Å². The molecule has 4 fully saturated rings. The van der Waals surface area contributed by atoms with Gasteiger partial charge in [-0.15, -0.1) is 0 Å². The molecule has 26 heavy (non-hydrogen) atoms. The van der Waals surface area contributed by atoms with Crippen molar-refractivity contribution in [1.82, 2.24) is 0 Å². The van der Waals surface area contributed by atoms with Gasteiger partial charge >= 0.3 is 0 Å². The molecule has 0 spiro atoms. The molecule has 3 heteroatoms. The van der Waals surface area contributed by atoms with Gasteiger partial charge in [0.25, 0.3) is 0 Å². The van der Waals surface area contributed by atoms with Gasteiger partial charge in [-0.3, -0.25) is 4.79 Å². The summed E-state index contributed by atoms with van der Waals surface area (Å²) in [6.07, 6.45) is 8.74. The number of carbonyl (C=O) groups excluding carboxylic acids is 2. The number of aliphatic hydroxyl groups excluding tert-OH is 1. The molecule has 0 heterocycles. The first kappa shape index (κ1) is 18.7. The number of fused-ring (bicyclic) bond motifs is 5. The van der Waals surface area contributed by atoms with Crippen molar-refractivity contribution in [2.24, 2.45) is 45.8 Å². The van der Waals surface area contributed by atoms with Gasteiger partial charge in [0.05, 0.1) is 6.10 Å². The maximum absolute atomic E-state index is 13.4. The molecule has 3 nitrogen and oxygen atoms in total. The number of ketones is 1. The fourth-order valence-electron chi connectivity index (χ4n) is 8.34. The summed E-state index contributed by atoms with van der Waals surface area (Å²) >= 11 is 0. The van der Waals surface area contributed by atoms with Gasteiger partial charge in [0.1, 0.15) is 12.1 Å². The lowest BCUT2D eigenvalue weighted by Gasteiger charge is -2.64. The van der Waals surface area contributed by atoms with Gasteiger partial charge in [0.15, 0.2) is 0 Å². The first-order chi connectivity index (χ1) is 12.2. The topological polar surface area (TPSA) is 54.4 Å². The summed E-state index contributed by atoms with van der Waals surface area (Å²) in [5.74, 6) is 2.10. The van der Waals surface area contributed by atoms with Crippen LogP contribution < -0.4 is 0 Å². The van der Waals surface area contributed by atoms with Crippen molar-refractivity contribution in [3.63, 3.8) is 0 Å². The second kappa shape index (κ2) is 5.90. The summed E-state index contributed by atoms with van der Waals surface area (Å²) in [7, 11) is 0. The predicted octanol–water partition coefficient (Wildman–Crippen LogP) is 4.41. The van der Waals surface area contributed by atoms with Crippen LogP contribution in [0, 0.1) is 45.8 Å². The van der Waals surface area contributed by atoms with Crippen LogP contribution in [0.5, 0.6) is 0 Å². The smallest absolute Gasteiger partial charge is 0.137 e. The molecule has 146 valence electrons. The van der Waals surface area contributed by atoms with Crippen molar-refractivity contribution in [2.45, 2.75) is 85.2 Å². The summed E-state index contributed by atoms with van der Waals surface area (Å²) in [4.78, 5) is 24.9. The maximum atomic E-state index is 13.4. The van der Waals surface area contributed by atoms with Crippen molar-refractivity contribution in [2.75, 3.05) is 0 Å². The molecule has 3 unspecified atom stereocenters. The Balaban J connectivity index is 1.69. The molecular weight excluding hydrogens is 324 g/mol. The van der Waals surface area contributed by atoms with Crippen LogP contribution in [0.15, 0.2) is 0 Å². The maximum Gasteiger partial charge on any atom is 0.137 e. The Kier molecular flexibility index (Phi) is 4.23. The van der Waals surface area contributed by atoms with Gasteiger partial charge in [0, 0.05) is 18.3 Å². The average Bonchev–Trinajstić information content (AvgIpc) is 2.93. The normalized spacial score (nSPS) is 54.8. The molecule has 0 aromatic rings. The van der Waals surface area contributed by atoms with Gasteiger partial charge in [0.2, 0.25) is 0 Å². The highest BCUT2D eigenvalue weighted by Crippen LogP contribution is 2.70. The second-order valence-corrected chi connectivity index (χ2v) is 11.0. The Hall–Kier alpha value is -0.700. The summed E-state index contributed by atoms with van der Waals surface area (Å²) in [5.41, 5.74) is 0.265. The highest BCUT2D eigenvalue weighted by Gasteiger charge is 2.66. The van der Waals surface area contributed by atoms with E-state index in [0.29, 0.717) is 30.0 Å².